The van der Waals surface area contributed by atoms with Crippen LogP contribution in [-0.2, 0) is 11.2 Å². The lowest BCUT2D eigenvalue weighted by Crippen LogP contribution is -2.48. The number of piperazine rings is 1. The third-order valence-electron chi connectivity index (χ3n) is 4.13. The molecule has 0 unspecified atom stereocenters. The van der Waals surface area contributed by atoms with E-state index in [1.54, 1.807) is 7.11 Å². The summed E-state index contributed by atoms with van der Waals surface area (Å²) in [6.07, 6.45) is 4.39. The topological polar surface area (TPSA) is 32.8 Å². The van der Waals surface area contributed by atoms with Gasteiger partial charge in [-0.2, -0.15) is 0 Å². The van der Waals surface area contributed by atoms with Crippen molar-refractivity contribution in [1.29, 1.82) is 0 Å². The molecule has 1 aliphatic rings. The largest absolute Gasteiger partial charge is 0.497 e. The van der Waals surface area contributed by atoms with Crippen LogP contribution in [0.25, 0.3) is 0 Å². The highest BCUT2D eigenvalue weighted by molar-refractivity contribution is 5.76. The lowest BCUT2D eigenvalue weighted by atomic mass is 10.1. The van der Waals surface area contributed by atoms with Gasteiger partial charge in [-0.15, -0.1) is 6.58 Å². The highest BCUT2D eigenvalue weighted by Gasteiger charge is 2.19. The summed E-state index contributed by atoms with van der Waals surface area (Å²) in [4.78, 5) is 16.5. The standard InChI is InChI=1S/C18H26N2O2/c1-3-11-19-12-14-20(15-13-19)18(21)6-4-5-16-7-9-17(22-2)10-8-16/h3,7-10H,1,4-6,11-15H2,2H3. The molecule has 2 rings (SSSR count). The molecule has 0 aromatic heterocycles. The summed E-state index contributed by atoms with van der Waals surface area (Å²) >= 11 is 0. The van der Waals surface area contributed by atoms with Gasteiger partial charge in [0.2, 0.25) is 5.91 Å². The van der Waals surface area contributed by atoms with Gasteiger partial charge in [-0.1, -0.05) is 18.2 Å². The first-order valence-corrected chi connectivity index (χ1v) is 7.97. The molecular weight excluding hydrogens is 276 g/mol. The molecule has 0 saturated carbocycles. The monoisotopic (exact) mass is 302 g/mol. The van der Waals surface area contributed by atoms with Crippen LogP contribution in [0.5, 0.6) is 5.75 Å². The second kappa shape index (κ2) is 8.59. The Morgan fingerprint density at radius 1 is 1.23 bits per heavy atom. The maximum absolute atomic E-state index is 12.2. The van der Waals surface area contributed by atoms with Crippen LogP contribution in [-0.4, -0.2) is 55.5 Å². The lowest BCUT2D eigenvalue weighted by molar-refractivity contribution is -0.132. The summed E-state index contributed by atoms with van der Waals surface area (Å²) < 4.78 is 5.15. The highest BCUT2D eigenvalue weighted by atomic mass is 16.5. The van der Waals surface area contributed by atoms with Gasteiger partial charge in [0.25, 0.3) is 0 Å². The van der Waals surface area contributed by atoms with Crippen molar-refractivity contribution >= 4 is 5.91 Å². The van der Waals surface area contributed by atoms with Crippen molar-refractivity contribution in [3.8, 4) is 5.75 Å². The maximum atomic E-state index is 12.2. The Bertz CT molecular complexity index is 476. The van der Waals surface area contributed by atoms with E-state index >= 15 is 0 Å². The minimum absolute atomic E-state index is 0.284. The van der Waals surface area contributed by atoms with Crippen molar-refractivity contribution in [3.05, 3.63) is 42.5 Å². The zero-order valence-electron chi connectivity index (χ0n) is 13.5. The third kappa shape index (κ3) is 4.88. The fourth-order valence-electron chi connectivity index (χ4n) is 2.76. The van der Waals surface area contributed by atoms with E-state index in [2.05, 4.69) is 23.6 Å². The van der Waals surface area contributed by atoms with Crippen molar-refractivity contribution < 1.29 is 9.53 Å². The van der Waals surface area contributed by atoms with Crippen molar-refractivity contribution in [3.63, 3.8) is 0 Å². The second-order valence-corrected chi connectivity index (χ2v) is 5.67. The Labute approximate surface area is 133 Å². The molecule has 0 atom stereocenters. The SMILES string of the molecule is C=CCN1CCN(C(=O)CCCc2ccc(OC)cc2)CC1. The van der Waals surface area contributed by atoms with Crippen LogP contribution in [0.1, 0.15) is 18.4 Å². The predicted octanol–water partition coefficient (Wildman–Crippen LogP) is 2.35. The molecule has 1 aromatic rings. The highest BCUT2D eigenvalue weighted by Crippen LogP contribution is 2.14. The number of carbonyl (C=O) groups excluding carboxylic acids is 1. The van der Waals surface area contributed by atoms with E-state index in [4.69, 9.17) is 4.74 Å². The van der Waals surface area contributed by atoms with E-state index in [-0.39, 0.29) is 5.91 Å². The predicted molar refractivity (Wildman–Crippen MR) is 89.1 cm³/mol. The molecule has 0 N–H and O–H groups in total. The van der Waals surface area contributed by atoms with Crippen molar-refractivity contribution in [1.82, 2.24) is 9.80 Å². The molecule has 120 valence electrons. The van der Waals surface area contributed by atoms with Crippen LogP contribution >= 0.6 is 0 Å². The maximum Gasteiger partial charge on any atom is 0.222 e. The van der Waals surface area contributed by atoms with E-state index in [0.29, 0.717) is 6.42 Å². The van der Waals surface area contributed by atoms with Crippen LogP contribution in [0.2, 0.25) is 0 Å². The molecule has 1 aliphatic heterocycles. The number of benzene rings is 1. The second-order valence-electron chi connectivity index (χ2n) is 5.67. The fourth-order valence-corrected chi connectivity index (χ4v) is 2.76. The third-order valence-corrected chi connectivity index (χ3v) is 4.13. The molecule has 0 radical (unpaired) electrons. The smallest absolute Gasteiger partial charge is 0.222 e. The van der Waals surface area contributed by atoms with Crippen LogP contribution in [0.4, 0.5) is 0 Å². The van der Waals surface area contributed by atoms with E-state index in [1.807, 2.05) is 23.1 Å². The Hall–Kier alpha value is -1.81. The molecule has 1 aromatic carbocycles. The number of hydrogen-bond donors (Lipinski definition) is 0. The zero-order chi connectivity index (χ0) is 15.8. The molecule has 22 heavy (non-hydrogen) atoms. The summed E-state index contributed by atoms with van der Waals surface area (Å²) in [5, 5.41) is 0. The van der Waals surface area contributed by atoms with Gasteiger partial charge in [-0.05, 0) is 30.5 Å². The fraction of sp³-hybridized carbons (Fsp3) is 0.500. The molecule has 0 spiro atoms. The zero-order valence-corrected chi connectivity index (χ0v) is 13.5. The summed E-state index contributed by atoms with van der Waals surface area (Å²) in [7, 11) is 1.67. The Balaban J connectivity index is 1.68. The molecule has 1 heterocycles. The van der Waals surface area contributed by atoms with E-state index in [1.165, 1.54) is 5.56 Å². The van der Waals surface area contributed by atoms with E-state index < -0.39 is 0 Å². The summed E-state index contributed by atoms with van der Waals surface area (Å²) in [6, 6.07) is 8.07. The van der Waals surface area contributed by atoms with E-state index in [0.717, 1.165) is 51.3 Å². The molecule has 0 aliphatic carbocycles. The van der Waals surface area contributed by atoms with Gasteiger partial charge in [-0.3, -0.25) is 9.69 Å². The summed E-state index contributed by atoms with van der Waals surface area (Å²) in [5.41, 5.74) is 1.25. The molecule has 4 nitrogen and oxygen atoms in total. The quantitative estimate of drug-likeness (QED) is 0.725. The molecule has 1 saturated heterocycles. The minimum Gasteiger partial charge on any atom is -0.497 e. The Morgan fingerprint density at radius 3 is 2.50 bits per heavy atom. The van der Waals surface area contributed by atoms with Gasteiger partial charge in [0.05, 0.1) is 7.11 Å². The normalized spacial score (nSPS) is 15.6. The molecular formula is C18H26N2O2. The number of aryl methyl sites for hydroxylation is 1. The van der Waals surface area contributed by atoms with Crippen LogP contribution in [0.3, 0.4) is 0 Å². The van der Waals surface area contributed by atoms with Crippen LogP contribution in [0, 0.1) is 0 Å². The number of rotatable bonds is 7. The number of amides is 1. The number of ether oxygens (including phenoxy) is 1. The minimum atomic E-state index is 0.284. The average Bonchev–Trinajstić information content (AvgIpc) is 2.56. The van der Waals surface area contributed by atoms with Gasteiger partial charge in [0.15, 0.2) is 0 Å². The van der Waals surface area contributed by atoms with Gasteiger partial charge < -0.3 is 9.64 Å². The van der Waals surface area contributed by atoms with Crippen LogP contribution in [0.15, 0.2) is 36.9 Å². The number of hydrogen-bond acceptors (Lipinski definition) is 3. The van der Waals surface area contributed by atoms with Crippen molar-refractivity contribution in [2.24, 2.45) is 0 Å². The summed E-state index contributed by atoms with van der Waals surface area (Å²) in [6.45, 7) is 8.27. The van der Waals surface area contributed by atoms with Gasteiger partial charge in [-0.25, -0.2) is 0 Å². The Morgan fingerprint density at radius 2 is 1.91 bits per heavy atom. The number of carbonyl (C=O) groups is 1. The van der Waals surface area contributed by atoms with Crippen molar-refractivity contribution in [2.45, 2.75) is 19.3 Å². The number of methoxy groups -OCH3 is 1. The van der Waals surface area contributed by atoms with Gasteiger partial charge in [0.1, 0.15) is 5.75 Å². The van der Waals surface area contributed by atoms with E-state index in [9.17, 15) is 4.79 Å². The molecule has 1 amide bonds. The van der Waals surface area contributed by atoms with Gasteiger partial charge >= 0.3 is 0 Å². The molecule has 1 fully saturated rings. The first kappa shape index (κ1) is 16.6. The molecule has 0 bridgehead atoms. The Kier molecular flexibility index (Phi) is 6.46. The number of nitrogens with zero attached hydrogens (tertiary/aromatic N) is 2. The summed E-state index contributed by atoms with van der Waals surface area (Å²) in [5.74, 6) is 1.16. The van der Waals surface area contributed by atoms with Gasteiger partial charge in [0, 0.05) is 39.1 Å². The van der Waals surface area contributed by atoms with Crippen molar-refractivity contribution in [2.75, 3.05) is 39.8 Å². The van der Waals surface area contributed by atoms with Crippen LogP contribution < -0.4 is 4.74 Å². The average molecular weight is 302 g/mol. The lowest BCUT2D eigenvalue weighted by Gasteiger charge is -2.34. The first-order valence-electron chi connectivity index (χ1n) is 7.97. The first-order chi connectivity index (χ1) is 10.7. The molecule has 4 heteroatoms.